The van der Waals surface area contributed by atoms with Crippen LogP contribution in [0, 0.1) is 20.8 Å². The fourth-order valence-electron chi connectivity index (χ4n) is 1.96. The van der Waals surface area contributed by atoms with Gasteiger partial charge in [0.15, 0.2) is 0 Å². The van der Waals surface area contributed by atoms with Gasteiger partial charge in [0.25, 0.3) is 0 Å². The van der Waals surface area contributed by atoms with E-state index in [0.717, 1.165) is 22.4 Å². The largest absolute Gasteiger partial charge is 0.456 e. The van der Waals surface area contributed by atoms with Crippen LogP contribution in [0.3, 0.4) is 0 Å². The van der Waals surface area contributed by atoms with E-state index >= 15 is 0 Å². The molecule has 0 saturated carbocycles. The van der Waals surface area contributed by atoms with Crippen molar-refractivity contribution in [3.05, 3.63) is 57.6 Å². The molecule has 0 bridgehead atoms. The number of thiocarbonyl (C=S) groups is 1. The Kier molecular flexibility index (Phi) is 4.31. The van der Waals surface area contributed by atoms with E-state index in [0.29, 0.717) is 15.8 Å². The van der Waals surface area contributed by atoms with Crippen molar-refractivity contribution in [1.82, 2.24) is 0 Å². The number of hydrogen-bond acceptors (Lipinski definition) is 2. The molecule has 0 amide bonds. The molecule has 0 unspecified atom stereocenters. The van der Waals surface area contributed by atoms with E-state index in [1.54, 1.807) is 12.1 Å². The minimum absolute atomic E-state index is 0.320. The van der Waals surface area contributed by atoms with Gasteiger partial charge in [-0.05, 0) is 61.7 Å². The maximum absolute atomic E-state index is 6.22. The number of aryl methyl sites for hydroxylation is 2. The average molecular weight is 306 g/mol. The van der Waals surface area contributed by atoms with Crippen molar-refractivity contribution in [2.24, 2.45) is 5.73 Å². The Morgan fingerprint density at radius 3 is 2.40 bits per heavy atom. The normalized spacial score (nSPS) is 10.4. The molecule has 0 atom stereocenters. The molecule has 104 valence electrons. The molecule has 0 aliphatic rings. The standard InChI is InChI=1S/C16H16ClNOS/c1-9-6-10(2)11(3)15(7-9)19-14-5-4-12(16(18)20)8-13(14)17/h4-8H,1-3H3,(H2,18,20). The molecule has 0 spiro atoms. The number of ether oxygens (including phenoxy) is 1. The Labute approximate surface area is 129 Å². The van der Waals surface area contributed by atoms with Gasteiger partial charge in [0, 0.05) is 5.56 Å². The van der Waals surface area contributed by atoms with Crippen LogP contribution in [0.4, 0.5) is 0 Å². The molecule has 2 nitrogen and oxygen atoms in total. The van der Waals surface area contributed by atoms with E-state index < -0.39 is 0 Å². The van der Waals surface area contributed by atoms with Crippen LogP contribution in [0.15, 0.2) is 30.3 Å². The molecule has 2 rings (SSSR count). The number of hydrogen-bond donors (Lipinski definition) is 1. The second-order valence-electron chi connectivity index (χ2n) is 4.82. The maximum atomic E-state index is 6.22. The molecule has 0 aromatic heterocycles. The summed E-state index contributed by atoms with van der Waals surface area (Å²) in [5.41, 5.74) is 9.76. The molecule has 2 aromatic carbocycles. The predicted octanol–water partition coefficient (Wildman–Crippen LogP) is 4.69. The van der Waals surface area contributed by atoms with Crippen LogP contribution >= 0.6 is 23.8 Å². The average Bonchev–Trinajstić information content (AvgIpc) is 2.37. The number of rotatable bonds is 3. The molecule has 0 heterocycles. The van der Waals surface area contributed by atoms with Gasteiger partial charge < -0.3 is 10.5 Å². The third kappa shape index (κ3) is 3.11. The van der Waals surface area contributed by atoms with Gasteiger partial charge >= 0.3 is 0 Å². The third-order valence-corrected chi connectivity index (χ3v) is 3.73. The maximum Gasteiger partial charge on any atom is 0.146 e. The van der Waals surface area contributed by atoms with E-state index in [4.69, 9.17) is 34.3 Å². The first-order valence-electron chi connectivity index (χ1n) is 6.23. The van der Waals surface area contributed by atoms with E-state index in [-0.39, 0.29) is 0 Å². The minimum Gasteiger partial charge on any atom is -0.456 e. The highest BCUT2D eigenvalue weighted by Gasteiger charge is 2.09. The fourth-order valence-corrected chi connectivity index (χ4v) is 2.31. The van der Waals surface area contributed by atoms with E-state index in [1.807, 2.05) is 26.0 Å². The van der Waals surface area contributed by atoms with Crippen molar-refractivity contribution in [3.8, 4) is 11.5 Å². The molecule has 2 N–H and O–H groups in total. The first-order chi connectivity index (χ1) is 9.38. The first kappa shape index (κ1) is 14.8. The van der Waals surface area contributed by atoms with Crippen LogP contribution in [0.1, 0.15) is 22.3 Å². The summed E-state index contributed by atoms with van der Waals surface area (Å²) < 4.78 is 5.92. The van der Waals surface area contributed by atoms with Gasteiger partial charge in [-0.2, -0.15) is 0 Å². The molecule has 0 saturated heterocycles. The lowest BCUT2D eigenvalue weighted by molar-refractivity contribution is 0.478. The smallest absolute Gasteiger partial charge is 0.146 e. The van der Waals surface area contributed by atoms with E-state index in [2.05, 4.69) is 13.0 Å². The Morgan fingerprint density at radius 2 is 1.80 bits per heavy atom. The summed E-state index contributed by atoms with van der Waals surface area (Å²) in [5.74, 6) is 1.41. The Morgan fingerprint density at radius 1 is 1.10 bits per heavy atom. The van der Waals surface area contributed by atoms with Crippen molar-refractivity contribution >= 4 is 28.8 Å². The van der Waals surface area contributed by atoms with Crippen LogP contribution in [-0.2, 0) is 0 Å². The summed E-state index contributed by atoms with van der Waals surface area (Å²) in [7, 11) is 0. The zero-order chi connectivity index (χ0) is 14.9. The van der Waals surface area contributed by atoms with Gasteiger partial charge in [0.05, 0.1) is 5.02 Å². The molecule has 2 aromatic rings. The van der Waals surface area contributed by atoms with Gasteiger partial charge in [0.1, 0.15) is 16.5 Å². The lowest BCUT2D eigenvalue weighted by atomic mass is 10.1. The highest BCUT2D eigenvalue weighted by Crippen LogP contribution is 2.33. The van der Waals surface area contributed by atoms with Gasteiger partial charge in [0.2, 0.25) is 0 Å². The molecule has 20 heavy (non-hydrogen) atoms. The summed E-state index contributed by atoms with van der Waals surface area (Å²) in [6, 6.07) is 9.44. The van der Waals surface area contributed by atoms with Crippen molar-refractivity contribution in [2.45, 2.75) is 20.8 Å². The van der Waals surface area contributed by atoms with Crippen LogP contribution < -0.4 is 10.5 Å². The van der Waals surface area contributed by atoms with Crippen molar-refractivity contribution in [1.29, 1.82) is 0 Å². The minimum atomic E-state index is 0.320. The fraction of sp³-hybridized carbons (Fsp3) is 0.188. The Hall–Kier alpha value is -1.58. The van der Waals surface area contributed by atoms with Gasteiger partial charge in [-0.15, -0.1) is 0 Å². The Balaban J connectivity index is 2.38. The lowest BCUT2D eigenvalue weighted by Gasteiger charge is -2.13. The zero-order valence-corrected chi connectivity index (χ0v) is 13.2. The Bertz CT molecular complexity index is 682. The van der Waals surface area contributed by atoms with Crippen molar-refractivity contribution < 1.29 is 4.74 Å². The van der Waals surface area contributed by atoms with Gasteiger partial charge in [-0.3, -0.25) is 0 Å². The van der Waals surface area contributed by atoms with E-state index in [1.165, 1.54) is 5.56 Å². The van der Waals surface area contributed by atoms with Gasteiger partial charge in [-0.25, -0.2) is 0 Å². The molecule has 4 heteroatoms. The summed E-state index contributed by atoms with van der Waals surface area (Å²) >= 11 is 11.1. The summed E-state index contributed by atoms with van der Waals surface area (Å²) in [5, 5.41) is 0.494. The predicted molar refractivity (Wildman–Crippen MR) is 88.1 cm³/mol. The summed E-state index contributed by atoms with van der Waals surface area (Å²) in [4.78, 5) is 0.320. The number of halogens is 1. The topological polar surface area (TPSA) is 35.2 Å². The third-order valence-electron chi connectivity index (χ3n) is 3.20. The highest BCUT2D eigenvalue weighted by molar-refractivity contribution is 7.80. The van der Waals surface area contributed by atoms with Crippen molar-refractivity contribution in [3.63, 3.8) is 0 Å². The molecule has 0 radical (unpaired) electrons. The molecule has 0 aliphatic heterocycles. The second kappa shape index (κ2) is 5.81. The van der Waals surface area contributed by atoms with Crippen LogP contribution in [0.5, 0.6) is 11.5 Å². The molecule has 0 fully saturated rings. The SMILES string of the molecule is Cc1cc(C)c(C)c(Oc2ccc(C(N)=S)cc2Cl)c1. The van der Waals surface area contributed by atoms with Crippen molar-refractivity contribution in [2.75, 3.05) is 0 Å². The quantitative estimate of drug-likeness (QED) is 0.835. The van der Waals surface area contributed by atoms with Crippen LogP contribution in [0.2, 0.25) is 5.02 Å². The van der Waals surface area contributed by atoms with Gasteiger partial charge in [-0.1, -0.05) is 29.9 Å². The second-order valence-corrected chi connectivity index (χ2v) is 5.66. The van der Waals surface area contributed by atoms with Crippen LogP contribution in [-0.4, -0.2) is 4.99 Å². The lowest BCUT2D eigenvalue weighted by Crippen LogP contribution is -2.09. The first-order valence-corrected chi connectivity index (χ1v) is 7.02. The monoisotopic (exact) mass is 305 g/mol. The zero-order valence-electron chi connectivity index (χ0n) is 11.7. The van der Waals surface area contributed by atoms with Crippen LogP contribution in [0.25, 0.3) is 0 Å². The summed E-state index contributed by atoms with van der Waals surface area (Å²) in [6.45, 7) is 6.13. The number of benzene rings is 2. The van der Waals surface area contributed by atoms with E-state index in [9.17, 15) is 0 Å². The highest BCUT2D eigenvalue weighted by atomic mass is 35.5. The molecular weight excluding hydrogens is 290 g/mol. The summed E-state index contributed by atoms with van der Waals surface area (Å²) in [6.07, 6.45) is 0. The molecule has 0 aliphatic carbocycles. The molecular formula is C16H16ClNOS. The number of nitrogens with two attached hydrogens (primary N) is 1.